The van der Waals surface area contributed by atoms with E-state index in [4.69, 9.17) is 18.9 Å². The first kappa shape index (κ1) is 67.3. The molecule has 11 atom stereocenters. The zero-order valence-corrected chi connectivity index (χ0v) is 54.4. The number of aliphatic hydroxyl groups is 1. The summed E-state index contributed by atoms with van der Waals surface area (Å²) < 4.78 is 24.4. The number of hydrogen-bond acceptors (Lipinski definition) is 8. The van der Waals surface area contributed by atoms with Crippen molar-refractivity contribution in [1.29, 1.82) is 0 Å². The van der Waals surface area contributed by atoms with E-state index in [-0.39, 0.29) is 37.2 Å². The van der Waals surface area contributed by atoms with Crippen molar-refractivity contribution >= 4 is 17.9 Å². The van der Waals surface area contributed by atoms with Gasteiger partial charge in [-0.3, -0.25) is 9.59 Å². The van der Waals surface area contributed by atoms with Crippen LogP contribution in [0.3, 0.4) is 0 Å². The van der Waals surface area contributed by atoms with Gasteiger partial charge in [-0.25, -0.2) is 4.79 Å². The number of benzene rings is 3. The largest absolute Gasteiger partial charge is 0.497 e. The number of likely N-dealkylation sites (tertiary alicyclic amines) is 1. The van der Waals surface area contributed by atoms with Crippen molar-refractivity contribution in [2.45, 2.75) is 264 Å². The van der Waals surface area contributed by atoms with Crippen LogP contribution in [0, 0.1) is 46.3 Å². The molecule has 11 heteroatoms. The van der Waals surface area contributed by atoms with Gasteiger partial charge in [-0.2, -0.15) is 0 Å². The second-order valence-corrected chi connectivity index (χ2v) is 28.0. The van der Waals surface area contributed by atoms with E-state index in [0.717, 1.165) is 85.9 Å². The van der Waals surface area contributed by atoms with Crippen molar-refractivity contribution in [2.24, 2.45) is 46.3 Å². The summed E-state index contributed by atoms with van der Waals surface area (Å²) in [6, 6.07) is 25.2. The second-order valence-electron chi connectivity index (χ2n) is 28.0. The monoisotopic (exact) mass is 1190 g/mol. The van der Waals surface area contributed by atoms with Gasteiger partial charge in [0.05, 0.1) is 33.0 Å². The average Bonchev–Trinajstić information content (AvgIpc) is 1.39. The molecule has 11 nitrogen and oxygen atoms in total. The highest BCUT2D eigenvalue weighted by Crippen LogP contribution is 2.68. The number of nitrogens with zero attached hydrogens (tertiary/aromatic N) is 1. The van der Waals surface area contributed by atoms with E-state index >= 15 is 0 Å². The Morgan fingerprint density at radius 1 is 0.628 bits per heavy atom. The Morgan fingerprint density at radius 3 is 1.79 bits per heavy atom. The van der Waals surface area contributed by atoms with Crippen LogP contribution in [0.2, 0.25) is 0 Å². The number of rotatable bonds is 36. The molecule has 1 heterocycles. The van der Waals surface area contributed by atoms with E-state index in [2.05, 4.69) is 38.3 Å². The summed E-state index contributed by atoms with van der Waals surface area (Å²) in [6.45, 7) is 11.8. The van der Waals surface area contributed by atoms with E-state index in [1.165, 1.54) is 135 Å². The van der Waals surface area contributed by atoms with E-state index in [1.54, 1.807) is 14.2 Å². The summed E-state index contributed by atoms with van der Waals surface area (Å²) in [5, 5.41) is 17.7. The van der Waals surface area contributed by atoms with E-state index in [0.29, 0.717) is 72.3 Å². The molecule has 0 bridgehead atoms. The van der Waals surface area contributed by atoms with Crippen LogP contribution in [0.25, 0.3) is 0 Å². The minimum atomic E-state index is -1.13. The molecular weight excluding hydrogens is 1070 g/mol. The fourth-order valence-corrected chi connectivity index (χ4v) is 17.7. The van der Waals surface area contributed by atoms with Crippen LogP contribution in [0.15, 0.2) is 78.9 Å². The molecule has 0 spiro atoms. The van der Waals surface area contributed by atoms with Gasteiger partial charge in [0, 0.05) is 32.5 Å². The molecule has 1 saturated heterocycles. The molecule has 0 radical (unpaired) electrons. The molecule has 3 aromatic rings. The smallest absolute Gasteiger partial charge is 0.407 e. The molecule has 86 heavy (non-hydrogen) atoms. The van der Waals surface area contributed by atoms with Gasteiger partial charge in [-0.15, -0.1) is 0 Å². The standard InChI is InChI=1S/C75H115N3O8/c1-7-8-9-10-11-12-13-14-15-16-17-18-19-20-21-27-50-76-70(80)45-32-56(2)66-43-44-67-65-42-37-60-52-64(46-48-73(60,3)68(65)47-49-74(66,67)4)86-72(82)77-51-28-23-26-31-71(81)78-54-61(79)53-69(78)75(58-33-38-62(83-5)39-34-58,59-35-40-63(84-6)41-36-59)85-55-57-29-24-22-25-30-57/h22,24-25,29-30,33-36,38-41,56,60-61,64-69,79H,7-21,23,26-28,31-32,37,42-55H2,1-6H3,(H,76,80)(H,77,82). The third kappa shape index (κ3) is 17.6. The van der Waals surface area contributed by atoms with Crippen molar-refractivity contribution < 1.29 is 38.4 Å². The first-order chi connectivity index (χ1) is 41.8. The number of methoxy groups -OCH3 is 2. The van der Waals surface area contributed by atoms with E-state index in [9.17, 15) is 19.5 Å². The topological polar surface area (TPSA) is 136 Å². The van der Waals surface area contributed by atoms with Crippen LogP contribution in [0.1, 0.15) is 250 Å². The van der Waals surface area contributed by atoms with Crippen LogP contribution in [0.5, 0.6) is 11.5 Å². The maximum Gasteiger partial charge on any atom is 0.407 e. The van der Waals surface area contributed by atoms with Crippen LogP contribution >= 0.6 is 0 Å². The highest BCUT2D eigenvalue weighted by molar-refractivity contribution is 5.77. The van der Waals surface area contributed by atoms with Crippen LogP contribution < -0.4 is 20.1 Å². The average molecular weight is 1190 g/mol. The maximum absolute atomic E-state index is 14.4. The van der Waals surface area contributed by atoms with Crippen molar-refractivity contribution in [2.75, 3.05) is 33.9 Å². The molecular formula is C75H115N3O8. The van der Waals surface area contributed by atoms with Gasteiger partial charge in [0.1, 0.15) is 23.2 Å². The normalized spacial score (nSPS) is 26.5. The van der Waals surface area contributed by atoms with Gasteiger partial charge >= 0.3 is 6.09 Å². The Kier molecular flexibility index (Phi) is 26.5. The van der Waals surface area contributed by atoms with E-state index < -0.39 is 17.7 Å². The van der Waals surface area contributed by atoms with Crippen LogP contribution in [-0.2, 0) is 31.3 Å². The third-order valence-corrected chi connectivity index (χ3v) is 22.6. The second kappa shape index (κ2) is 33.8. The number of unbranched alkanes of at least 4 members (excludes halogenated alkanes) is 17. The SMILES string of the molecule is CCCCCCCCCCCCCCCCCCNC(=O)CCC(C)C1CCC2C3CCC4CC(OC(=O)NCCCCCC(=O)N5CC(O)CC5C(OCc5ccccc5)(c5ccc(OC)cc5)c5ccc(OC)cc5)CCC4(C)C3CCC12C. The minimum Gasteiger partial charge on any atom is -0.497 e. The summed E-state index contributed by atoms with van der Waals surface area (Å²) in [4.78, 5) is 42.6. The third-order valence-electron chi connectivity index (χ3n) is 22.6. The molecule has 0 aromatic heterocycles. The lowest BCUT2D eigenvalue weighted by molar-refractivity contribution is -0.141. The summed E-state index contributed by atoms with van der Waals surface area (Å²) in [5.41, 5.74) is 2.23. The first-order valence-corrected chi connectivity index (χ1v) is 35.0. The molecule has 3 N–H and O–H groups in total. The summed E-state index contributed by atoms with van der Waals surface area (Å²) in [5.74, 6) is 5.78. The lowest BCUT2D eigenvalue weighted by Crippen LogP contribution is -2.54. The predicted molar refractivity (Wildman–Crippen MR) is 347 cm³/mol. The van der Waals surface area contributed by atoms with Crippen molar-refractivity contribution in [1.82, 2.24) is 15.5 Å². The Hall–Kier alpha value is -4.61. The number of β-amino-alcohol motifs (C(OH)–C–C–N with tert-alkyl or cyclic N) is 1. The van der Waals surface area contributed by atoms with Gasteiger partial charge in [0.15, 0.2) is 0 Å². The number of carbonyl (C=O) groups is 3. The highest BCUT2D eigenvalue weighted by atomic mass is 16.6. The number of amides is 3. The molecule has 478 valence electrons. The molecule has 11 unspecified atom stereocenters. The lowest BCUT2D eigenvalue weighted by atomic mass is 9.44. The first-order valence-electron chi connectivity index (χ1n) is 35.0. The number of carbonyl (C=O) groups excluding carboxylic acids is 3. The molecule has 5 fully saturated rings. The quantitative estimate of drug-likeness (QED) is 0.0490. The summed E-state index contributed by atoms with van der Waals surface area (Å²) >= 11 is 0. The Morgan fingerprint density at radius 2 is 1.19 bits per heavy atom. The minimum absolute atomic E-state index is 0.0284. The predicted octanol–water partition coefficient (Wildman–Crippen LogP) is 17.2. The number of ether oxygens (including phenoxy) is 4. The Bertz CT molecular complexity index is 2420. The van der Waals surface area contributed by atoms with E-state index in [1.807, 2.05) is 83.8 Å². The van der Waals surface area contributed by atoms with Gasteiger partial charge in [0.25, 0.3) is 0 Å². The molecule has 3 amide bonds. The summed E-state index contributed by atoms with van der Waals surface area (Å²) in [7, 11) is 3.29. The molecule has 3 aromatic carbocycles. The summed E-state index contributed by atoms with van der Waals surface area (Å²) in [6.07, 6.45) is 36.0. The maximum atomic E-state index is 14.4. The molecule has 5 aliphatic rings. The van der Waals surface area contributed by atoms with Gasteiger partial charge in [-0.1, -0.05) is 185 Å². The molecule has 4 saturated carbocycles. The number of hydrogen-bond donors (Lipinski definition) is 3. The Labute approximate surface area is 520 Å². The molecule has 1 aliphatic heterocycles. The number of alkyl carbamates (subject to hydrolysis) is 1. The molecule has 8 rings (SSSR count). The van der Waals surface area contributed by atoms with Crippen molar-refractivity contribution in [3.8, 4) is 11.5 Å². The highest BCUT2D eigenvalue weighted by Gasteiger charge is 2.61. The van der Waals surface area contributed by atoms with Gasteiger partial charge in [0.2, 0.25) is 11.8 Å². The number of fused-ring (bicyclic) bond motifs is 5. The van der Waals surface area contributed by atoms with Crippen LogP contribution in [-0.4, -0.2) is 80.0 Å². The number of nitrogens with one attached hydrogen (secondary N) is 2. The van der Waals surface area contributed by atoms with Gasteiger partial charge in [-0.05, 0) is 177 Å². The fraction of sp³-hybridized carbons (Fsp3) is 0.720. The zero-order valence-electron chi connectivity index (χ0n) is 54.4. The zero-order chi connectivity index (χ0) is 60.8. The molecule has 4 aliphatic carbocycles. The van der Waals surface area contributed by atoms with Crippen molar-refractivity contribution in [3.63, 3.8) is 0 Å². The number of aliphatic hydroxyl groups excluding tert-OH is 1. The van der Waals surface area contributed by atoms with Gasteiger partial charge < -0.3 is 39.6 Å². The lowest BCUT2D eigenvalue weighted by Gasteiger charge is -2.61. The van der Waals surface area contributed by atoms with Crippen molar-refractivity contribution in [3.05, 3.63) is 95.6 Å². The fourth-order valence-electron chi connectivity index (χ4n) is 17.7. The van der Waals surface area contributed by atoms with Crippen LogP contribution in [0.4, 0.5) is 4.79 Å². The Balaban J connectivity index is 0.721.